The van der Waals surface area contributed by atoms with Gasteiger partial charge in [0.2, 0.25) is 0 Å². The van der Waals surface area contributed by atoms with Crippen LogP contribution < -0.4 is 5.32 Å². The van der Waals surface area contributed by atoms with E-state index >= 15 is 0 Å². The zero-order valence-corrected chi connectivity index (χ0v) is 12.3. The lowest BCUT2D eigenvalue weighted by atomic mass is 10.3. The zero-order chi connectivity index (χ0) is 14.8. The van der Waals surface area contributed by atoms with Crippen molar-refractivity contribution in [2.45, 2.75) is 12.7 Å². The fraction of sp³-hybridized carbons (Fsp3) is 0.154. The summed E-state index contributed by atoms with van der Waals surface area (Å²) >= 11 is 2.04. The van der Waals surface area contributed by atoms with Gasteiger partial charge in [0.15, 0.2) is 0 Å². The maximum Gasteiger partial charge on any atom is 0.406 e. The molecule has 0 aliphatic rings. The first-order valence-electron chi connectivity index (χ1n) is 5.64. The highest BCUT2D eigenvalue weighted by Crippen LogP contribution is 2.21. The first-order valence-corrected chi connectivity index (χ1v) is 6.72. The van der Waals surface area contributed by atoms with Crippen LogP contribution in [0.1, 0.15) is 10.5 Å². The van der Waals surface area contributed by atoms with Crippen molar-refractivity contribution >= 4 is 34.2 Å². The van der Waals surface area contributed by atoms with Crippen molar-refractivity contribution in [1.29, 1.82) is 0 Å². The number of anilines is 1. The van der Waals surface area contributed by atoms with Crippen LogP contribution in [0.25, 0.3) is 0 Å². The molecule has 1 aromatic carbocycles. The number of para-hydroxylation sites is 1. The molecule has 0 atom stereocenters. The van der Waals surface area contributed by atoms with Gasteiger partial charge in [0.05, 0.1) is 5.69 Å². The van der Waals surface area contributed by atoms with Crippen LogP contribution in [0.15, 0.2) is 42.6 Å². The molecule has 106 valence electrons. The number of alkyl halides is 3. The summed E-state index contributed by atoms with van der Waals surface area (Å²) in [5.74, 6) is -0.566. The summed E-state index contributed by atoms with van der Waals surface area (Å²) in [6.45, 7) is -1.19. The Morgan fingerprint density at radius 2 is 1.90 bits per heavy atom. The van der Waals surface area contributed by atoms with Crippen molar-refractivity contribution in [2.24, 2.45) is 0 Å². The molecule has 0 aliphatic carbocycles. The molecule has 1 aromatic heterocycles. The van der Waals surface area contributed by atoms with Crippen molar-refractivity contribution in [2.75, 3.05) is 5.32 Å². The van der Waals surface area contributed by atoms with Crippen LogP contribution in [0.5, 0.6) is 0 Å². The number of aromatic nitrogens is 1. The van der Waals surface area contributed by atoms with Gasteiger partial charge in [-0.15, -0.1) is 0 Å². The monoisotopic (exact) mass is 394 g/mol. The number of carbonyl (C=O) groups is 1. The van der Waals surface area contributed by atoms with E-state index in [-0.39, 0.29) is 5.69 Å². The molecule has 0 saturated carbocycles. The van der Waals surface area contributed by atoms with Crippen LogP contribution in [-0.2, 0) is 6.54 Å². The molecule has 0 spiro atoms. The molecular weight excluding hydrogens is 384 g/mol. The van der Waals surface area contributed by atoms with Gasteiger partial charge in [-0.05, 0) is 46.9 Å². The summed E-state index contributed by atoms with van der Waals surface area (Å²) < 4.78 is 38.9. The maximum absolute atomic E-state index is 12.4. The first-order chi connectivity index (χ1) is 9.37. The Morgan fingerprint density at radius 3 is 2.55 bits per heavy atom. The summed E-state index contributed by atoms with van der Waals surface area (Å²) in [6.07, 6.45) is -3.13. The molecule has 0 unspecified atom stereocenters. The number of halogens is 4. The van der Waals surface area contributed by atoms with Gasteiger partial charge in [0.1, 0.15) is 12.2 Å². The van der Waals surface area contributed by atoms with Crippen LogP contribution in [0.2, 0.25) is 0 Å². The van der Waals surface area contributed by atoms with Crippen molar-refractivity contribution in [1.82, 2.24) is 4.57 Å². The van der Waals surface area contributed by atoms with Crippen LogP contribution in [0, 0.1) is 3.57 Å². The van der Waals surface area contributed by atoms with E-state index in [1.807, 2.05) is 28.7 Å². The average molecular weight is 394 g/mol. The van der Waals surface area contributed by atoms with E-state index in [1.165, 1.54) is 18.3 Å². The Morgan fingerprint density at radius 1 is 1.20 bits per heavy atom. The first kappa shape index (κ1) is 14.9. The van der Waals surface area contributed by atoms with Crippen molar-refractivity contribution in [3.8, 4) is 0 Å². The van der Waals surface area contributed by atoms with Gasteiger partial charge < -0.3 is 9.88 Å². The van der Waals surface area contributed by atoms with Crippen LogP contribution in [0.4, 0.5) is 18.9 Å². The lowest BCUT2D eigenvalue weighted by Crippen LogP contribution is -2.23. The predicted molar refractivity (Wildman–Crippen MR) is 77.6 cm³/mol. The normalized spacial score (nSPS) is 11.4. The Balaban J connectivity index is 2.19. The highest BCUT2D eigenvalue weighted by atomic mass is 127. The molecular formula is C13H10F3IN2O. The minimum absolute atomic E-state index is 0.0259. The standard InChI is InChI=1S/C13H10F3IN2O/c14-13(15,16)8-19-7-3-6-11(19)12(20)18-10-5-2-1-4-9(10)17/h1-7H,8H2,(H,18,20). The Labute approximate surface area is 126 Å². The summed E-state index contributed by atoms with van der Waals surface area (Å²) in [4.78, 5) is 12.0. The average Bonchev–Trinajstić information content (AvgIpc) is 2.77. The van der Waals surface area contributed by atoms with Gasteiger partial charge in [-0.3, -0.25) is 4.79 Å². The predicted octanol–water partition coefficient (Wildman–Crippen LogP) is 3.91. The minimum Gasteiger partial charge on any atom is -0.334 e. The SMILES string of the molecule is O=C(Nc1ccccc1I)c1cccn1CC(F)(F)F. The van der Waals surface area contributed by atoms with E-state index in [2.05, 4.69) is 5.32 Å². The summed E-state index contributed by atoms with van der Waals surface area (Å²) in [5, 5.41) is 2.60. The fourth-order valence-electron chi connectivity index (χ4n) is 1.70. The van der Waals surface area contributed by atoms with Gasteiger partial charge >= 0.3 is 6.18 Å². The third kappa shape index (κ3) is 3.75. The Hall–Kier alpha value is -1.51. The highest BCUT2D eigenvalue weighted by molar-refractivity contribution is 14.1. The number of carbonyl (C=O) groups excluding carboxylic acids is 1. The van der Waals surface area contributed by atoms with E-state index in [9.17, 15) is 18.0 Å². The summed E-state index contributed by atoms with van der Waals surface area (Å²) in [7, 11) is 0. The molecule has 0 saturated heterocycles. The van der Waals surface area contributed by atoms with Gasteiger partial charge in [-0.25, -0.2) is 0 Å². The van der Waals surface area contributed by atoms with Gasteiger partial charge in [-0.2, -0.15) is 13.2 Å². The van der Waals surface area contributed by atoms with Gasteiger partial charge in [0.25, 0.3) is 5.91 Å². The van der Waals surface area contributed by atoms with Crippen molar-refractivity contribution in [3.63, 3.8) is 0 Å². The molecule has 0 radical (unpaired) electrons. The van der Waals surface area contributed by atoms with Crippen LogP contribution >= 0.6 is 22.6 Å². The summed E-state index contributed by atoms with van der Waals surface area (Å²) in [5.41, 5.74) is 0.542. The number of nitrogens with one attached hydrogen (secondary N) is 1. The smallest absolute Gasteiger partial charge is 0.334 e. The number of amides is 1. The molecule has 0 fully saturated rings. The second-order valence-corrected chi connectivity index (χ2v) is 5.23. The molecule has 7 heteroatoms. The Bertz CT molecular complexity index is 622. The lowest BCUT2D eigenvalue weighted by Gasteiger charge is -2.12. The van der Waals surface area contributed by atoms with E-state index < -0.39 is 18.6 Å². The third-order valence-electron chi connectivity index (χ3n) is 2.53. The lowest BCUT2D eigenvalue weighted by molar-refractivity contribution is -0.140. The van der Waals surface area contributed by atoms with Crippen molar-refractivity contribution in [3.05, 3.63) is 51.9 Å². The molecule has 1 N–H and O–H groups in total. The number of hydrogen-bond acceptors (Lipinski definition) is 1. The third-order valence-corrected chi connectivity index (χ3v) is 3.47. The van der Waals surface area contributed by atoms with Crippen LogP contribution in [-0.4, -0.2) is 16.7 Å². The molecule has 2 rings (SSSR count). The molecule has 20 heavy (non-hydrogen) atoms. The van der Waals surface area contributed by atoms with Crippen LogP contribution in [0.3, 0.4) is 0 Å². The van der Waals surface area contributed by atoms with E-state index in [0.717, 1.165) is 8.14 Å². The zero-order valence-electron chi connectivity index (χ0n) is 10.1. The highest BCUT2D eigenvalue weighted by Gasteiger charge is 2.29. The van der Waals surface area contributed by atoms with Crippen molar-refractivity contribution < 1.29 is 18.0 Å². The Kier molecular flexibility index (Phi) is 4.36. The molecule has 1 amide bonds. The second kappa shape index (κ2) is 5.86. The molecule has 3 nitrogen and oxygen atoms in total. The topological polar surface area (TPSA) is 34.0 Å². The minimum atomic E-state index is -4.37. The fourth-order valence-corrected chi connectivity index (χ4v) is 2.22. The quantitative estimate of drug-likeness (QED) is 0.788. The number of benzene rings is 1. The number of hydrogen-bond donors (Lipinski definition) is 1. The number of rotatable bonds is 3. The largest absolute Gasteiger partial charge is 0.406 e. The van der Waals surface area contributed by atoms with E-state index in [0.29, 0.717) is 5.69 Å². The molecule has 0 aliphatic heterocycles. The molecule has 0 bridgehead atoms. The van der Waals surface area contributed by atoms with E-state index in [1.54, 1.807) is 18.2 Å². The second-order valence-electron chi connectivity index (χ2n) is 4.07. The number of nitrogens with zero attached hydrogens (tertiary/aromatic N) is 1. The van der Waals surface area contributed by atoms with Gasteiger partial charge in [0, 0.05) is 9.77 Å². The molecule has 2 aromatic rings. The summed E-state index contributed by atoms with van der Waals surface area (Å²) in [6, 6.07) is 9.81. The van der Waals surface area contributed by atoms with Gasteiger partial charge in [-0.1, -0.05) is 12.1 Å². The maximum atomic E-state index is 12.4. The molecule has 1 heterocycles. The van der Waals surface area contributed by atoms with E-state index in [4.69, 9.17) is 0 Å².